The summed E-state index contributed by atoms with van der Waals surface area (Å²) < 4.78 is 0. The van der Waals surface area contributed by atoms with E-state index in [0.29, 0.717) is 16.4 Å². The topological polar surface area (TPSA) is 49.7 Å². The summed E-state index contributed by atoms with van der Waals surface area (Å²) in [6, 6.07) is 29.7. The minimum absolute atomic E-state index is 0.142. The second kappa shape index (κ2) is 8.24. The Labute approximate surface area is 226 Å². The monoisotopic (exact) mass is 516 g/mol. The van der Waals surface area contributed by atoms with Crippen LogP contribution in [0.15, 0.2) is 96.0 Å². The van der Waals surface area contributed by atoms with Gasteiger partial charge in [0.25, 0.3) is 0 Å². The van der Waals surface area contributed by atoms with Crippen LogP contribution in [0.25, 0.3) is 0 Å². The van der Waals surface area contributed by atoms with E-state index in [0.717, 1.165) is 33.4 Å². The lowest BCUT2D eigenvalue weighted by atomic mass is 9.47. The van der Waals surface area contributed by atoms with Gasteiger partial charge in [-0.05, 0) is 59.9 Å². The maximum atomic E-state index is 14.5. The fourth-order valence-corrected chi connectivity index (χ4v) is 7.26. The Morgan fingerprint density at radius 2 is 1.45 bits per heavy atom. The van der Waals surface area contributed by atoms with E-state index in [1.165, 1.54) is 4.90 Å². The van der Waals surface area contributed by atoms with Gasteiger partial charge in [0.2, 0.25) is 11.8 Å². The van der Waals surface area contributed by atoms with Crippen molar-refractivity contribution in [3.63, 3.8) is 0 Å². The van der Waals surface area contributed by atoms with Gasteiger partial charge in [0, 0.05) is 12.1 Å². The van der Waals surface area contributed by atoms with E-state index in [2.05, 4.69) is 24.3 Å². The van der Waals surface area contributed by atoms with Gasteiger partial charge in [-0.15, -0.1) is 0 Å². The largest absolute Gasteiger partial charge is 0.274 e. The summed E-state index contributed by atoms with van der Waals surface area (Å²) in [7, 11) is 0. The number of halogens is 1. The first-order chi connectivity index (χ1) is 18.4. The molecule has 0 aromatic heterocycles. The van der Waals surface area contributed by atoms with Crippen LogP contribution < -0.4 is 4.90 Å². The van der Waals surface area contributed by atoms with Crippen molar-refractivity contribution in [2.75, 3.05) is 4.90 Å². The summed E-state index contributed by atoms with van der Waals surface area (Å²) >= 11 is 6.49. The van der Waals surface area contributed by atoms with E-state index in [4.69, 9.17) is 16.6 Å². The minimum atomic E-state index is -0.911. The summed E-state index contributed by atoms with van der Waals surface area (Å²) in [5.41, 5.74) is 6.61. The molecule has 2 bridgehead atoms. The molecule has 0 saturated carbocycles. The summed E-state index contributed by atoms with van der Waals surface area (Å²) in [4.78, 5) is 35.1. The van der Waals surface area contributed by atoms with Gasteiger partial charge in [-0.2, -0.15) is 0 Å². The molecule has 5 heteroatoms. The first kappa shape index (κ1) is 23.1. The Morgan fingerprint density at radius 3 is 2.11 bits per heavy atom. The van der Waals surface area contributed by atoms with E-state index in [-0.39, 0.29) is 17.7 Å². The number of hydrogen-bond acceptors (Lipinski definition) is 3. The second-order valence-corrected chi connectivity index (χ2v) is 10.9. The number of aryl methyl sites for hydroxylation is 2. The Hall–Kier alpha value is -4.02. The van der Waals surface area contributed by atoms with Crippen LogP contribution in [0.5, 0.6) is 0 Å². The van der Waals surface area contributed by atoms with E-state index >= 15 is 0 Å². The SMILES string of the molecule is Cc1ccc(N2C(=O)[C@@H]3[C@@H](C2=O)C2c4ccccc4C3(C=Nc3ccccc3Cl)c3ccccc32)c(C)c1. The van der Waals surface area contributed by atoms with E-state index in [1.54, 1.807) is 6.07 Å². The molecule has 1 aliphatic heterocycles. The van der Waals surface area contributed by atoms with Crippen LogP contribution in [0.2, 0.25) is 5.02 Å². The van der Waals surface area contributed by atoms with E-state index in [1.807, 2.05) is 80.7 Å². The van der Waals surface area contributed by atoms with E-state index in [9.17, 15) is 9.59 Å². The number of carbonyl (C=O) groups is 2. The first-order valence-electron chi connectivity index (χ1n) is 12.9. The lowest BCUT2D eigenvalue weighted by molar-refractivity contribution is -0.122. The van der Waals surface area contributed by atoms with Crippen LogP contribution >= 0.6 is 11.6 Å². The van der Waals surface area contributed by atoms with E-state index < -0.39 is 17.3 Å². The molecule has 1 saturated heterocycles. The summed E-state index contributed by atoms with van der Waals surface area (Å²) in [6.45, 7) is 3.97. The molecule has 0 radical (unpaired) electrons. The highest BCUT2D eigenvalue weighted by atomic mass is 35.5. The summed E-state index contributed by atoms with van der Waals surface area (Å²) in [6.07, 6.45) is 1.88. The molecule has 1 heterocycles. The van der Waals surface area contributed by atoms with Gasteiger partial charge in [-0.3, -0.25) is 14.6 Å². The normalized spacial score (nSPS) is 25.0. The fourth-order valence-electron chi connectivity index (χ4n) is 7.07. The second-order valence-electron chi connectivity index (χ2n) is 10.5. The molecule has 0 unspecified atom stereocenters. The fraction of sp³-hybridized carbons (Fsp3) is 0.182. The Morgan fingerprint density at radius 1 is 0.816 bits per heavy atom. The third kappa shape index (κ3) is 2.95. The van der Waals surface area contributed by atoms with Crippen LogP contribution in [0, 0.1) is 25.7 Å². The molecule has 8 rings (SSSR count). The Balaban J connectivity index is 1.52. The number of imide groups is 1. The molecule has 2 atom stereocenters. The molecule has 4 aromatic rings. The molecule has 38 heavy (non-hydrogen) atoms. The number of rotatable bonds is 3. The van der Waals surface area contributed by atoms with Crippen LogP contribution in [-0.2, 0) is 15.0 Å². The molecule has 4 nitrogen and oxygen atoms in total. The number of benzene rings is 4. The molecule has 2 amide bonds. The van der Waals surface area contributed by atoms with Gasteiger partial charge in [-0.1, -0.05) is 90.0 Å². The smallest absolute Gasteiger partial charge is 0.239 e. The van der Waals surface area contributed by atoms with Crippen molar-refractivity contribution in [3.05, 3.63) is 129 Å². The first-order valence-corrected chi connectivity index (χ1v) is 13.2. The highest BCUT2D eigenvalue weighted by Crippen LogP contribution is 2.64. The Bertz CT molecular complexity index is 1640. The molecule has 0 N–H and O–H groups in total. The average Bonchev–Trinajstić information content (AvgIpc) is 3.19. The van der Waals surface area contributed by atoms with Gasteiger partial charge in [0.05, 0.1) is 33.6 Å². The van der Waals surface area contributed by atoms with Crippen molar-refractivity contribution in [2.45, 2.75) is 25.2 Å². The van der Waals surface area contributed by atoms with Crippen LogP contribution in [0.4, 0.5) is 11.4 Å². The number of anilines is 1. The Kier molecular flexibility index (Phi) is 5.01. The molecular weight excluding hydrogens is 492 g/mol. The van der Waals surface area contributed by atoms with Crippen molar-refractivity contribution in [1.29, 1.82) is 0 Å². The summed E-state index contributed by atoms with van der Waals surface area (Å²) in [5, 5.41) is 0.536. The van der Waals surface area contributed by atoms with Gasteiger partial charge in [0.15, 0.2) is 0 Å². The molecular formula is C33H25ClN2O2. The van der Waals surface area contributed by atoms with Crippen LogP contribution in [0.3, 0.4) is 0 Å². The number of aliphatic imine (C=N–C) groups is 1. The highest BCUT2D eigenvalue weighted by Gasteiger charge is 2.68. The maximum Gasteiger partial charge on any atom is 0.239 e. The molecule has 186 valence electrons. The molecule has 4 aromatic carbocycles. The minimum Gasteiger partial charge on any atom is -0.274 e. The van der Waals surface area contributed by atoms with Crippen molar-refractivity contribution in [2.24, 2.45) is 16.8 Å². The van der Waals surface area contributed by atoms with Crippen molar-refractivity contribution < 1.29 is 9.59 Å². The zero-order chi connectivity index (χ0) is 26.2. The molecule has 0 spiro atoms. The zero-order valence-corrected chi connectivity index (χ0v) is 21.8. The predicted octanol–water partition coefficient (Wildman–Crippen LogP) is 6.91. The standard InChI is InChI=1S/C33H25ClN2O2/c1-19-15-16-27(20(2)17-19)36-31(37)29-28-21-9-3-5-11-23(21)33(30(29)32(36)38,24-12-6-4-10-22(24)28)18-35-26-14-8-7-13-25(26)34/h3-18,28-30H,1-2H3/t28?,29-,30-,33?/m0/s1. The highest BCUT2D eigenvalue weighted by molar-refractivity contribution is 6.33. The number of amides is 2. The lowest BCUT2D eigenvalue weighted by Gasteiger charge is -2.52. The maximum absolute atomic E-state index is 14.5. The quantitative estimate of drug-likeness (QED) is 0.219. The third-order valence-corrected chi connectivity index (χ3v) is 8.86. The number of carbonyl (C=O) groups excluding carboxylic acids is 2. The number of nitrogens with zero attached hydrogens (tertiary/aromatic N) is 2. The van der Waals surface area contributed by atoms with Crippen LogP contribution in [-0.4, -0.2) is 18.0 Å². The third-order valence-electron chi connectivity index (χ3n) is 8.54. The average molecular weight is 517 g/mol. The van der Waals surface area contributed by atoms with Gasteiger partial charge >= 0.3 is 0 Å². The van der Waals surface area contributed by atoms with Crippen molar-refractivity contribution >= 4 is 41.0 Å². The summed E-state index contributed by atoms with van der Waals surface area (Å²) in [5.74, 6) is -1.65. The van der Waals surface area contributed by atoms with Crippen molar-refractivity contribution in [1.82, 2.24) is 0 Å². The zero-order valence-electron chi connectivity index (χ0n) is 21.1. The number of hydrogen-bond donors (Lipinski definition) is 0. The van der Waals surface area contributed by atoms with Gasteiger partial charge in [0.1, 0.15) is 0 Å². The van der Waals surface area contributed by atoms with Gasteiger partial charge in [-0.25, -0.2) is 4.90 Å². The predicted molar refractivity (Wildman–Crippen MR) is 150 cm³/mol. The number of para-hydroxylation sites is 1. The molecule has 3 aliphatic carbocycles. The molecule has 1 fully saturated rings. The molecule has 4 aliphatic rings. The lowest BCUT2D eigenvalue weighted by Crippen LogP contribution is -2.54. The van der Waals surface area contributed by atoms with Crippen molar-refractivity contribution in [3.8, 4) is 0 Å². The van der Waals surface area contributed by atoms with Gasteiger partial charge < -0.3 is 0 Å². The van der Waals surface area contributed by atoms with Crippen LogP contribution in [0.1, 0.15) is 39.3 Å².